The maximum Gasteiger partial charge on any atom is 0.332 e. The number of imidazole rings is 1. The fourth-order valence-corrected chi connectivity index (χ4v) is 2.93. The van der Waals surface area contributed by atoms with Crippen molar-refractivity contribution in [3.63, 3.8) is 0 Å². The zero-order chi connectivity index (χ0) is 22.9. The summed E-state index contributed by atoms with van der Waals surface area (Å²) in [6, 6.07) is 4.27. The number of anilines is 1. The summed E-state index contributed by atoms with van der Waals surface area (Å²) in [6.07, 6.45) is 1.21. The number of hydrogen-bond acceptors (Lipinski definition) is 8. The van der Waals surface area contributed by atoms with Crippen LogP contribution < -0.4 is 16.6 Å². The molecule has 3 rings (SSSR count). The van der Waals surface area contributed by atoms with Gasteiger partial charge in [0.2, 0.25) is 0 Å². The molecule has 0 atom stereocenters. The van der Waals surface area contributed by atoms with Crippen LogP contribution in [0.1, 0.15) is 5.56 Å². The molecule has 31 heavy (non-hydrogen) atoms. The monoisotopic (exact) mass is 430 g/mol. The van der Waals surface area contributed by atoms with Crippen molar-refractivity contribution in [2.45, 2.75) is 13.5 Å². The molecule has 1 amide bonds. The van der Waals surface area contributed by atoms with Gasteiger partial charge in [0.25, 0.3) is 17.2 Å². The van der Waals surface area contributed by atoms with Gasteiger partial charge in [0, 0.05) is 20.2 Å². The number of nitro benzene ring substituents is 1. The smallest absolute Gasteiger partial charge is 0.332 e. The molecule has 0 aliphatic rings. The summed E-state index contributed by atoms with van der Waals surface area (Å²) in [4.78, 5) is 63.0. The van der Waals surface area contributed by atoms with Gasteiger partial charge in [0.1, 0.15) is 12.2 Å². The third kappa shape index (κ3) is 4.19. The average molecular weight is 430 g/mol. The molecule has 13 heteroatoms. The van der Waals surface area contributed by atoms with Gasteiger partial charge < -0.3 is 14.6 Å². The van der Waals surface area contributed by atoms with Crippen LogP contribution >= 0.6 is 0 Å². The Morgan fingerprint density at radius 3 is 2.61 bits per heavy atom. The first-order valence-electron chi connectivity index (χ1n) is 8.91. The van der Waals surface area contributed by atoms with Crippen LogP contribution in [0.5, 0.6) is 0 Å². The SMILES string of the molecule is Cc1ccc(NC(=O)COC(=O)Cn2cnc3c2c(=O)n(C)c(=O)n3C)c([N+](=O)[O-])c1. The van der Waals surface area contributed by atoms with Gasteiger partial charge in [-0.2, -0.15) is 0 Å². The van der Waals surface area contributed by atoms with Gasteiger partial charge in [-0.25, -0.2) is 9.78 Å². The van der Waals surface area contributed by atoms with Crippen molar-refractivity contribution in [2.24, 2.45) is 14.1 Å². The minimum Gasteiger partial charge on any atom is -0.454 e. The van der Waals surface area contributed by atoms with E-state index in [0.717, 1.165) is 4.57 Å². The first-order chi connectivity index (χ1) is 14.6. The third-order valence-electron chi connectivity index (χ3n) is 4.50. The van der Waals surface area contributed by atoms with Crippen molar-refractivity contribution in [3.05, 3.63) is 61.0 Å². The Morgan fingerprint density at radius 2 is 1.94 bits per heavy atom. The average Bonchev–Trinajstić information content (AvgIpc) is 3.14. The van der Waals surface area contributed by atoms with Crippen LogP contribution in [0.2, 0.25) is 0 Å². The van der Waals surface area contributed by atoms with E-state index in [0.29, 0.717) is 5.56 Å². The Morgan fingerprint density at radius 1 is 1.23 bits per heavy atom. The van der Waals surface area contributed by atoms with Crippen LogP contribution in [-0.4, -0.2) is 42.1 Å². The molecular weight excluding hydrogens is 412 g/mol. The van der Waals surface area contributed by atoms with E-state index in [4.69, 9.17) is 4.74 Å². The molecule has 162 valence electrons. The topological polar surface area (TPSA) is 160 Å². The number of aromatic nitrogens is 4. The van der Waals surface area contributed by atoms with E-state index in [1.165, 1.54) is 41.7 Å². The number of rotatable bonds is 6. The van der Waals surface area contributed by atoms with Gasteiger partial charge in [-0.15, -0.1) is 0 Å². The van der Waals surface area contributed by atoms with Gasteiger partial charge in [-0.05, 0) is 18.6 Å². The first-order valence-corrected chi connectivity index (χ1v) is 8.91. The molecule has 0 saturated carbocycles. The van der Waals surface area contributed by atoms with Crippen molar-refractivity contribution in [1.82, 2.24) is 18.7 Å². The molecule has 0 unspecified atom stereocenters. The summed E-state index contributed by atoms with van der Waals surface area (Å²) in [5.74, 6) is -1.61. The number of ether oxygens (including phenoxy) is 1. The second kappa shape index (κ2) is 8.22. The van der Waals surface area contributed by atoms with E-state index in [-0.39, 0.29) is 22.5 Å². The van der Waals surface area contributed by atoms with Crippen LogP contribution in [0.3, 0.4) is 0 Å². The highest BCUT2D eigenvalue weighted by Crippen LogP contribution is 2.25. The Kier molecular flexibility index (Phi) is 5.68. The number of nitrogens with one attached hydrogen (secondary N) is 1. The normalized spacial score (nSPS) is 10.8. The predicted molar refractivity (Wildman–Crippen MR) is 108 cm³/mol. The second-order valence-electron chi connectivity index (χ2n) is 6.74. The number of esters is 1. The van der Waals surface area contributed by atoms with Crippen molar-refractivity contribution in [3.8, 4) is 0 Å². The fourth-order valence-electron chi connectivity index (χ4n) is 2.93. The largest absolute Gasteiger partial charge is 0.454 e. The lowest BCUT2D eigenvalue weighted by Gasteiger charge is -2.09. The van der Waals surface area contributed by atoms with Crippen LogP contribution in [0.25, 0.3) is 11.2 Å². The molecule has 3 aromatic rings. The number of carbonyl (C=O) groups excluding carboxylic acids is 2. The lowest BCUT2D eigenvalue weighted by Crippen LogP contribution is -2.37. The number of fused-ring (bicyclic) bond motifs is 1. The molecular formula is C18H18N6O7. The lowest BCUT2D eigenvalue weighted by atomic mass is 10.2. The number of nitro groups is 1. The number of amides is 1. The van der Waals surface area contributed by atoms with Gasteiger partial charge in [-0.3, -0.25) is 33.6 Å². The van der Waals surface area contributed by atoms with Gasteiger partial charge in [-0.1, -0.05) is 6.07 Å². The van der Waals surface area contributed by atoms with E-state index < -0.39 is 41.2 Å². The zero-order valence-electron chi connectivity index (χ0n) is 16.8. The van der Waals surface area contributed by atoms with Crippen molar-refractivity contribution >= 4 is 34.4 Å². The van der Waals surface area contributed by atoms with Crippen molar-refractivity contribution in [1.29, 1.82) is 0 Å². The van der Waals surface area contributed by atoms with E-state index in [2.05, 4.69) is 10.3 Å². The molecule has 13 nitrogen and oxygen atoms in total. The predicted octanol–water partition coefficient (Wildman–Crippen LogP) is -0.168. The Bertz CT molecular complexity index is 1330. The quantitative estimate of drug-likeness (QED) is 0.320. The molecule has 0 saturated heterocycles. The van der Waals surface area contributed by atoms with Crippen LogP contribution in [0.4, 0.5) is 11.4 Å². The fraction of sp³-hybridized carbons (Fsp3) is 0.278. The molecule has 0 radical (unpaired) electrons. The highest BCUT2D eigenvalue weighted by molar-refractivity contribution is 5.95. The molecule has 1 aromatic carbocycles. The highest BCUT2D eigenvalue weighted by Gasteiger charge is 2.19. The van der Waals surface area contributed by atoms with Crippen LogP contribution in [0, 0.1) is 17.0 Å². The van der Waals surface area contributed by atoms with E-state index in [1.807, 2.05) is 0 Å². The summed E-state index contributed by atoms with van der Waals surface area (Å²) in [6.45, 7) is 0.556. The van der Waals surface area contributed by atoms with E-state index in [9.17, 15) is 29.3 Å². The zero-order valence-corrected chi connectivity index (χ0v) is 16.8. The summed E-state index contributed by atoms with van der Waals surface area (Å²) < 4.78 is 8.16. The standard InChI is InChI=1S/C18H18N6O7/c1-10-4-5-11(12(6-10)24(29)30)20-13(25)8-31-14(26)7-23-9-19-16-15(23)17(27)22(3)18(28)21(16)2/h4-6,9H,7-8H2,1-3H3,(H,20,25). The molecule has 0 bridgehead atoms. The lowest BCUT2D eigenvalue weighted by molar-refractivity contribution is -0.384. The summed E-state index contributed by atoms with van der Waals surface area (Å²) in [5, 5.41) is 13.4. The third-order valence-corrected chi connectivity index (χ3v) is 4.50. The van der Waals surface area contributed by atoms with Crippen LogP contribution in [0.15, 0.2) is 34.1 Å². The molecule has 1 N–H and O–H groups in total. The molecule has 2 heterocycles. The number of nitrogens with zero attached hydrogens (tertiary/aromatic N) is 5. The first kappa shape index (κ1) is 21.4. The van der Waals surface area contributed by atoms with E-state index >= 15 is 0 Å². The highest BCUT2D eigenvalue weighted by atomic mass is 16.6. The maximum absolute atomic E-state index is 12.4. The van der Waals surface area contributed by atoms with Gasteiger partial charge >= 0.3 is 11.7 Å². The van der Waals surface area contributed by atoms with Crippen molar-refractivity contribution in [2.75, 3.05) is 11.9 Å². The Balaban J connectivity index is 1.69. The Labute approximate surface area is 173 Å². The van der Waals surface area contributed by atoms with Gasteiger partial charge in [0.15, 0.2) is 17.8 Å². The Hall–Kier alpha value is -4.29. The van der Waals surface area contributed by atoms with Gasteiger partial charge in [0.05, 0.1) is 11.3 Å². The minimum atomic E-state index is -0.844. The molecule has 0 fully saturated rings. The summed E-state index contributed by atoms with van der Waals surface area (Å²) >= 11 is 0. The number of benzene rings is 1. The summed E-state index contributed by atoms with van der Waals surface area (Å²) in [7, 11) is 2.74. The maximum atomic E-state index is 12.4. The second-order valence-corrected chi connectivity index (χ2v) is 6.74. The minimum absolute atomic E-state index is 0.0262. The number of aryl methyl sites for hydroxylation is 2. The molecule has 0 aliphatic carbocycles. The number of hydrogen-bond donors (Lipinski definition) is 1. The molecule has 2 aromatic heterocycles. The molecule has 0 spiro atoms. The van der Waals surface area contributed by atoms with Crippen molar-refractivity contribution < 1.29 is 19.2 Å². The van der Waals surface area contributed by atoms with Crippen LogP contribution in [-0.2, 0) is 35.0 Å². The number of carbonyl (C=O) groups is 2. The summed E-state index contributed by atoms with van der Waals surface area (Å²) in [5.41, 5.74) is -0.730. The molecule has 0 aliphatic heterocycles. The van der Waals surface area contributed by atoms with E-state index in [1.54, 1.807) is 13.0 Å².